The van der Waals surface area contributed by atoms with E-state index in [1.54, 1.807) is 35.0 Å². The van der Waals surface area contributed by atoms with Crippen LogP contribution in [-0.4, -0.2) is 37.5 Å². The van der Waals surface area contributed by atoms with Gasteiger partial charge >= 0.3 is 5.84 Å². The van der Waals surface area contributed by atoms with E-state index in [0.29, 0.717) is 41.0 Å². The van der Waals surface area contributed by atoms with Crippen molar-refractivity contribution in [2.75, 3.05) is 18.4 Å². The molecular formula is C24H20F2N6O2S. The highest BCUT2D eigenvalue weighted by atomic mass is 32.2. The van der Waals surface area contributed by atoms with Gasteiger partial charge in [0.05, 0.1) is 5.69 Å². The summed E-state index contributed by atoms with van der Waals surface area (Å²) in [6.07, 6.45) is 5.67. The van der Waals surface area contributed by atoms with E-state index in [1.807, 2.05) is 0 Å². The van der Waals surface area contributed by atoms with Crippen LogP contribution in [0.4, 0.5) is 14.7 Å². The number of aromatic hydroxyl groups is 1. The average Bonchev–Trinajstić information content (AvgIpc) is 3.46. The fourth-order valence-electron chi connectivity index (χ4n) is 3.47. The number of phenolic OH excluding ortho intramolecular Hbond substituents is 1. The van der Waals surface area contributed by atoms with E-state index in [0.717, 1.165) is 17.9 Å². The minimum atomic E-state index is -0.711. The molecule has 0 bridgehead atoms. The number of rotatable bonds is 9. The van der Waals surface area contributed by atoms with Gasteiger partial charge in [0.2, 0.25) is 5.95 Å². The molecule has 3 N–H and O–H groups in total. The molecule has 0 saturated carbocycles. The molecule has 11 heteroatoms. The predicted molar refractivity (Wildman–Crippen MR) is 129 cm³/mol. The Hall–Kier alpha value is -3.96. The first-order valence-corrected chi connectivity index (χ1v) is 11.6. The molecule has 0 aliphatic carbocycles. The number of phenols is 1. The molecule has 0 spiro atoms. The molecule has 8 nitrogen and oxygen atoms in total. The molecule has 0 aliphatic rings. The zero-order chi connectivity index (χ0) is 24.2. The normalized spacial score (nSPS) is 11.3. The molecule has 5 rings (SSSR count). The summed E-state index contributed by atoms with van der Waals surface area (Å²) in [5.74, 6) is -0.642. The molecule has 0 saturated heterocycles. The minimum absolute atomic E-state index is 0.256. The van der Waals surface area contributed by atoms with Gasteiger partial charge in [-0.15, -0.1) is 0 Å². The van der Waals surface area contributed by atoms with Crippen molar-refractivity contribution < 1.29 is 18.3 Å². The van der Waals surface area contributed by atoms with Crippen molar-refractivity contribution in [3.63, 3.8) is 0 Å². The number of benzene rings is 2. The number of fused-ring (bicyclic) bond motifs is 1. The van der Waals surface area contributed by atoms with Crippen LogP contribution >= 0.6 is 11.9 Å². The van der Waals surface area contributed by atoms with Gasteiger partial charge in [-0.25, -0.2) is 18.7 Å². The first-order valence-electron chi connectivity index (χ1n) is 10.8. The molecular weight excluding hydrogens is 474 g/mol. The highest BCUT2D eigenvalue weighted by Gasteiger charge is 2.20. The first kappa shape index (κ1) is 22.8. The lowest BCUT2D eigenvalue weighted by atomic mass is 10.1. The molecule has 178 valence electrons. The topological polar surface area (TPSA) is 101 Å². The van der Waals surface area contributed by atoms with Gasteiger partial charge in [-0.3, -0.25) is 9.12 Å². The minimum Gasteiger partial charge on any atom is -0.505 e. The van der Waals surface area contributed by atoms with E-state index in [9.17, 15) is 13.9 Å². The van der Waals surface area contributed by atoms with Crippen molar-refractivity contribution in [2.24, 2.45) is 0 Å². The zero-order valence-corrected chi connectivity index (χ0v) is 19.1. The number of nitrogens with one attached hydrogen (secondary N) is 2. The van der Waals surface area contributed by atoms with Gasteiger partial charge in [-0.2, -0.15) is 4.98 Å². The summed E-state index contributed by atoms with van der Waals surface area (Å²) in [5.41, 5.74) is 2.23. The Labute approximate surface area is 203 Å². The molecule has 0 unspecified atom stereocenters. The van der Waals surface area contributed by atoms with Crippen molar-refractivity contribution in [2.45, 2.75) is 11.3 Å². The molecule has 35 heavy (non-hydrogen) atoms. The Morgan fingerprint density at radius 1 is 1.03 bits per heavy atom. The summed E-state index contributed by atoms with van der Waals surface area (Å²) in [5, 5.41) is 13.0. The monoisotopic (exact) mass is 494 g/mol. The summed E-state index contributed by atoms with van der Waals surface area (Å²) in [4.78, 5) is 14.3. The van der Waals surface area contributed by atoms with Crippen molar-refractivity contribution in [1.82, 2.24) is 24.1 Å². The Kier molecular flexibility index (Phi) is 6.59. The van der Waals surface area contributed by atoms with E-state index in [2.05, 4.69) is 25.0 Å². The third-order valence-electron chi connectivity index (χ3n) is 5.12. The second kappa shape index (κ2) is 10.1. The lowest BCUT2D eigenvalue weighted by molar-refractivity contribution is 0.432. The van der Waals surface area contributed by atoms with Gasteiger partial charge in [0.1, 0.15) is 23.5 Å². The van der Waals surface area contributed by atoms with Crippen LogP contribution in [0, 0.1) is 11.6 Å². The van der Waals surface area contributed by atoms with E-state index in [1.165, 1.54) is 48.5 Å². The van der Waals surface area contributed by atoms with Crippen LogP contribution in [0.1, 0.15) is 6.42 Å². The van der Waals surface area contributed by atoms with Gasteiger partial charge < -0.3 is 14.8 Å². The quantitative estimate of drug-likeness (QED) is 0.191. The number of hydrogen-bond donors (Lipinski definition) is 3. The third kappa shape index (κ3) is 5.10. The van der Waals surface area contributed by atoms with Crippen LogP contribution < -0.4 is 10.0 Å². The van der Waals surface area contributed by atoms with Gasteiger partial charge in [0.25, 0.3) is 0 Å². The highest BCUT2D eigenvalue weighted by Crippen LogP contribution is 2.34. The number of aromatic nitrogens is 4. The Morgan fingerprint density at radius 2 is 1.89 bits per heavy atom. The molecule has 0 aliphatic heterocycles. The summed E-state index contributed by atoms with van der Waals surface area (Å²) in [6.45, 7) is 1.36. The van der Waals surface area contributed by atoms with Gasteiger partial charge in [0, 0.05) is 35.9 Å². The van der Waals surface area contributed by atoms with E-state index in [4.69, 9.17) is 4.42 Å². The fourth-order valence-corrected chi connectivity index (χ4v) is 4.15. The number of imidazole rings is 1. The molecule has 3 aromatic heterocycles. The third-order valence-corrected chi connectivity index (χ3v) is 5.98. The first-order chi connectivity index (χ1) is 17.1. The second-order valence-electron chi connectivity index (χ2n) is 7.53. The number of oxazole rings is 1. The molecule has 5 aromatic rings. The van der Waals surface area contributed by atoms with Crippen LogP contribution in [0.3, 0.4) is 0 Å². The second-order valence-corrected chi connectivity index (χ2v) is 8.49. The smallest absolute Gasteiger partial charge is 0.306 e. The number of anilines is 1. The SMILES string of the molecule is Oc1cc(-c2nc3occn3c2-c2ccnc(NCCCNSc3ccc(F)cc3)n2)ccc1F. The molecule has 0 fully saturated rings. The average molecular weight is 495 g/mol. The van der Waals surface area contributed by atoms with Crippen molar-refractivity contribution in [3.05, 3.63) is 78.8 Å². The van der Waals surface area contributed by atoms with Gasteiger partial charge in [0.15, 0.2) is 11.6 Å². The van der Waals surface area contributed by atoms with Crippen LogP contribution in [0.25, 0.3) is 28.5 Å². The largest absolute Gasteiger partial charge is 0.505 e. The van der Waals surface area contributed by atoms with Crippen LogP contribution in [0.2, 0.25) is 0 Å². The standard InChI is InChI=1S/C24H20F2N6O2S/c25-16-3-5-17(6-4-16)35-29-10-1-9-27-23-28-11-8-19(30-23)22-21(31-24-32(22)12-13-34-24)15-2-7-18(26)20(33)14-15/h2-8,11-14,29,33H,1,9-10H2,(H,27,28,30). The molecule has 0 atom stereocenters. The lowest BCUT2D eigenvalue weighted by Crippen LogP contribution is -2.12. The number of hydrogen-bond acceptors (Lipinski definition) is 8. The van der Waals surface area contributed by atoms with Crippen LogP contribution in [0.5, 0.6) is 5.75 Å². The van der Waals surface area contributed by atoms with Crippen LogP contribution in [0.15, 0.2) is 76.5 Å². The summed E-state index contributed by atoms with van der Waals surface area (Å²) < 4.78 is 37.0. The summed E-state index contributed by atoms with van der Waals surface area (Å²) in [7, 11) is 0. The summed E-state index contributed by atoms with van der Waals surface area (Å²) in [6, 6.07) is 12.1. The highest BCUT2D eigenvalue weighted by molar-refractivity contribution is 7.97. The maximum Gasteiger partial charge on any atom is 0.306 e. The van der Waals surface area contributed by atoms with E-state index in [-0.39, 0.29) is 5.82 Å². The lowest BCUT2D eigenvalue weighted by Gasteiger charge is -2.08. The number of nitrogens with zero attached hydrogens (tertiary/aromatic N) is 4. The molecule has 0 radical (unpaired) electrons. The Balaban J connectivity index is 1.27. The van der Waals surface area contributed by atoms with Crippen molar-refractivity contribution in [1.29, 1.82) is 0 Å². The van der Waals surface area contributed by atoms with E-state index < -0.39 is 11.6 Å². The Morgan fingerprint density at radius 3 is 2.71 bits per heavy atom. The fraction of sp³-hybridized carbons (Fsp3) is 0.125. The summed E-state index contributed by atoms with van der Waals surface area (Å²) >= 11 is 1.44. The number of halogens is 2. The predicted octanol–water partition coefficient (Wildman–Crippen LogP) is 5.13. The maximum atomic E-state index is 13.6. The van der Waals surface area contributed by atoms with Gasteiger partial charge in [-0.05, 0) is 66.9 Å². The Bertz CT molecular complexity index is 1450. The molecule has 3 heterocycles. The van der Waals surface area contributed by atoms with Crippen LogP contribution in [-0.2, 0) is 0 Å². The molecule has 2 aromatic carbocycles. The zero-order valence-electron chi connectivity index (χ0n) is 18.3. The van der Waals surface area contributed by atoms with E-state index >= 15 is 0 Å². The maximum absolute atomic E-state index is 13.6. The van der Waals surface area contributed by atoms with Crippen molar-refractivity contribution in [3.8, 4) is 28.4 Å². The van der Waals surface area contributed by atoms with Crippen molar-refractivity contribution >= 4 is 23.7 Å². The van der Waals surface area contributed by atoms with Gasteiger partial charge in [-0.1, -0.05) is 0 Å². The molecule has 0 amide bonds.